The van der Waals surface area contributed by atoms with Gasteiger partial charge in [0.1, 0.15) is 0 Å². The van der Waals surface area contributed by atoms with Crippen molar-refractivity contribution in [1.82, 2.24) is 8.87 Å². The summed E-state index contributed by atoms with van der Waals surface area (Å²) >= 11 is 17.4. The van der Waals surface area contributed by atoms with Crippen LogP contribution in [0.2, 0.25) is 10.0 Å². The largest absolute Gasteiger partial charge is 0.367 e. The van der Waals surface area contributed by atoms with Crippen LogP contribution in [-0.2, 0) is 0 Å². The Hall–Kier alpha value is -1.33. The lowest BCUT2D eigenvalue weighted by atomic mass is 10.0. The summed E-state index contributed by atoms with van der Waals surface area (Å²) in [5, 5.41) is 2.56. The van der Waals surface area contributed by atoms with Crippen LogP contribution in [0.5, 0.6) is 0 Å². The average molecular weight is 392 g/mol. The first kappa shape index (κ1) is 17.1. The van der Waals surface area contributed by atoms with Crippen LogP contribution in [0.4, 0.5) is 5.69 Å². The minimum Gasteiger partial charge on any atom is -0.367 e. The molecule has 130 valence electrons. The fourth-order valence-electron chi connectivity index (χ4n) is 3.46. The summed E-state index contributed by atoms with van der Waals surface area (Å²) in [6, 6.07) is 11.9. The van der Waals surface area contributed by atoms with E-state index in [-0.39, 0.29) is 0 Å². The molecule has 0 bridgehead atoms. The molecule has 0 N–H and O–H groups in total. The van der Waals surface area contributed by atoms with Crippen LogP contribution in [0.3, 0.4) is 0 Å². The number of aromatic nitrogens is 1. The van der Waals surface area contributed by atoms with Crippen molar-refractivity contribution in [2.75, 3.05) is 38.1 Å². The van der Waals surface area contributed by atoms with E-state index in [0.29, 0.717) is 0 Å². The zero-order valence-electron chi connectivity index (χ0n) is 13.9. The van der Waals surface area contributed by atoms with Gasteiger partial charge in [-0.05, 0) is 36.9 Å². The van der Waals surface area contributed by atoms with Crippen molar-refractivity contribution >= 4 is 52.6 Å². The van der Waals surface area contributed by atoms with Gasteiger partial charge in [-0.15, -0.1) is 0 Å². The Bertz CT molecular complexity index is 930. The van der Waals surface area contributed by atoms with Crippen LogP contribution in [0.15, 0.2) is 42.6 Å². The first-order valence-corrected chi connectivity index (χ1v) is 9.42. The van der Waals surface area contributed by atoms with Crippen LogP contribution in [-0.4, -0.2) is 42.1 Å². The van der Waals surface area contributed by atoms with Gasteiger partial charge in [0, 0.05) is 53.4 Å². The summed E-state index contributed by atoms with van der Waals surface area (Å²) in [5.74, 6) is 0. The van der Waals surface area contributed by atoms with Gasteiger partial charge in [-0.2, -0.15) is 0 Å². The van der Waals surface area contributed by atoms with Crippen molar-refractivity contribution in [3.8, 4) is 11.1 Å². The SMILES string of the molecule is CN1CCN(c2cc(Cl)cc3c(-c4cccc(Cl)c4)cn(S)c23)CC1. The zero-order valence-corrected chi connectivity index (χ0v) is 16.3. The van der Waals surface area contributed by atoms with Crippen molar-refractivity contribution in [3.63, 3.8) is 0 Å². The van der Waals surface area contributed by atoms with E-state index in [1.54, 1.807) is 0 Å². The molecule has 0 radical (unpaired) electrons. The fraction of sp³-hybridized carbons (Fsp3) is 0.263. The molecule has 0 atom stereocenters. The highest BCUT2D eigenvalue weighted by Gasteiger charge is 2.21. The van der Waals surface area contributed by atoms with E-state index >= 15 is 0 Å². The number of anilines is 1. The Morgan fingerprint density at radius 3 is 2.44 bits per heavy atom. The van der Waals surface area contributed by atoms with Crippen molar-refractivity contribution in [1.29, 1.82) is 0 Å². The van der Waals surface area contributed by atoms with Gasteiger partial charge < -0.3 is 9.80 Å². The van der Waals surface area contributed by atoms with E-state index in [0.717, 1.165) is 63.9 Å². The first-order valence-electron chi connectivity index (χ1n) is 8.26. The van der Waals surface area contributed by atoms with Crippen molar-refractivity contribution in [2.24, 2.45) is 0 Å². The quantitative estimate of drug-likeness (QED) is 0.612. The third kappa shape index (κ3) is 3.24. The monoisotopic (exact) mass is 391 g/mol. The van der Waals surface area contributed by atoms with E-state index in [1.165, 1.54) is 0 Å². The van der Waals surface area contributed by atoms with E-state index in [2.05, 4.69) is 22.9 Å². The first-order chi connectivity index (χ1) is 12.0. The van der Waals surface area contributed by atoms with Gasteiger partial charge in [0.25, 0.3) is 0 Å². The lowest BCUT2D eigenvalue weighted by Crippen LogP contribution is -2.44. The molecule has 1 fully saturated rings. The van der Waals surface area contributed by atoms with Gasteiger partial charge in [-0.25, -0.2) is 0 Å². The molecule has 1 aromatic heterocycles. The maximum Gasteiger partial charge on any atom is 0.0829 e. The van der Waals surface area contributed by atoms with Gasteiger partial charge in [-0.3, -0.25) is 3.97 Å². The standard InChI is InChI=1S/C19H19Cl2N3S/c1-22-5-7-23(8-6-22)18-11-15(21)10-16-17(12-24(25)19(16)18)13-3-2-4-14(20)9-13/h2-4,9-12,25H,5-8H2,1H3. The Morgan fingerprint density at radius 1 is 0.960 bits per heavy atom. The molecule has 0 unspecified atom stereocenters. The topological polar surface area (TPSA) is 11.4 Å². The molecule has 0 spiro atoms. The van der Waals surface area contributed by atoms with E-state index in [4.69, 9.17) is 36.0 Å². The molecule has 4 rings (SSSR count). The number of halogens is 2. The molecule has 2 heterocycles. The number of hydrogen-bond acceptors (Lipinski definition) is 3. The number of hydrogen-bond donors (Lipinski definition) is 1. The van der Waals surface area contributed by atoms with Crippen molar-refractivity contribution in [3.05, 3.63) is 52.6 Å². The minimum atomic E-state index is 0.721. The summed E-state index contributed by atoms with van der Waals surface area (Å²) in [7, 11) is 2.16. The number of thiol groups is 1. The molecule has 1 saturated heterocycles. The van der Waals surface area contributed by atoms with E-state index in [1.807, 2.05) is 40.5 Å². The summed E-state index contributed by atoms with van der Waals surface area (Å²) in [4.78, 5) is 4.73. The van der Waals surface area contributed by atoms with E-state index in [9.17, 15) is 0 Å². The van der Waals surface area contributed by atoms with Crippen molar-refractivity contribution < 1.29 is 0 Å². The molecule has 0 saturated carbocycles. The molecule has 0 aliphatic carbocycles. The lowest BCUT2D eigenvalue weighted by Gasteiger charge is -2.34. The Morgan fingerprint density at radius 2 is 1.72 bits per heavy atom. The molecular weight excluding hydrogens is 373 g/mol. The Labute approximate surface area is 163 Å². The summed E-state index contributed by atoms with van der Waals surface area (Å²) in [6.07, 6.45) is 2.04. The summed E-state index contributed by atoms with van der Waals surface area (Å²) in [6.45, 7) is 4.06. The van der Waals surface area contributed by atoms with Gasteiger partial charge in [0.05, 0.1) is 11.2 Å². The molecule has 6 heteroatoms. The second-order valence-electron chi connectivity index (χ2n) is 6.51. The summed E-state index contributed by atoms with van der Waals surface area (Å²) < 4.78 is 1.90. The second kappa shape index (κ2) is 6.76. The Balaban J connectivity index is 1.89. The third-order valence-corrected chi connectivity index (χ3v) is 5.57. The average Bonchev–Trinajstić information content (AvgIpc) is 2.91. The highest BCUT2D eigenvalue weighted by molar-refractivity contribution is 7.78. The number of nitrogens with zero attached hydrogens (tertiary/aromatic N) is 3. The molecule has 1 aliphatic heterocycles. The second-order valence-corrected chi connectivity index (χ2v) is 7.81. The van der Waals surface area contributed by atoms with Crippen LogP contribution >= 0.6 is 36.0 Å². The predicted molar refractivity (Wildman–Crippen MR) is 111 cm³/mol. The normalized spacial score (nSPS) is 15.9. The van der Waals surface area contributed by atoms with Gasteiger partial charge in [-0.1, -0.05) is 48.1 Å². The van der Waals surface area contributed by atoms with Crippen LogP contribution in [0, 0.1) is 0 Å². The predicted octanol–water partition coefficient (Wildman–Crippen LogP) is 5.06. The smallest absolute Gasteiger partial charge is 0.0829 e. The maximum atomic E-state index is 6.47. The summed E-state index contributed by atoms with van der Waals surface area (Å²) in [5.41, 5.74) is 4.38. The van der Waals surface area contributed by atoms with Crippen LogP contribution < -0.4 is 4.90 Å². The maximum absolute atomic E-state index is 6.47. The minimum absolute atomic E-state index is 0.721. The lowest BCUT2D eigenvalue weighted by molar-refractivity contribution is 0.313. The number of rotatable bonds is 2. The van der Waals surface area contributed by atoms with Gasteiger partial charge in [0.15, 0.2) is 0 Å². The molecule has 1 aliphatic rings. The van der Waals surface area contributed by atoms with Gasteiger partial charge >= 0.3 is 0 Å². The van der Waals surface area contributed by atoms with Crippen LogP contribution in [0.25, 0.3) is 22.0 Å². The number of piperazine rings is 1. The highest BCUT2D eigenvalue weighted by atomic mass is 35.5. The molecule has 25 heavy (non-hydrogen) atoms. The van der Waals surface area contributed by atoms with Crippen LogP contribution in [0.1, 0.15) is 0 Å². The molecular formula is C19H19Cl2N3S. The fourth-order valence-corrected chi connectivity index (χ4v) is 4.19. The molecule has 2 aromatic carbocycles. The zero-order chi connectivity index (χ0) is 17.6. The molecule has 0 amide bonds. The number of fused-ring (bicyclic) bond motifs is 1. The molecule has 3 nitrogen and oxygen atoms in total. The number of benzene rings is 2. The van der Waals surface area contributed by atoms with Gasteiger partial charge in [0.2, 0.25) is 0 Å². The van der Waals surface area contributed by atoms with Crippen molar-refractivity contribution in [2.45, 2.75) is 0 Å². The third-order valence-electron chi connectivity index (χ3n) is 4.80. The highest BCUT2D eigenvalue weighted by Crippen LogP contribution is 2.39. The number of likely N-dealkylation sites (N-methyl/N-ethyl adjacent to an activating group) is 1. The molecule has 3 aromatic rings. The van der Waals surface area contributed by atoms with E-state index < -0.39 is 0 Å². The Kier molecular flexibility index (Phi) is 4.63.